The highest BCUT2D eigenvalue weighted by Gasteiger charge is 2.55. The maximum atomic E-state index is 9.26. The summed E-state index contributed by atoms with van der Waals surface area (Å²) >= 11 is 0. The van der Waals surface area contributed by atoms with Gasteiger partial charge in [0.25, 0.3) is 0 Å². The average Bonchev–Trinajstić information content (AvgIpc) is 2.00. The molecule has 1 aliphatic heterocycles. The molecule has 2 nitrogen and oxygen atoms in total. The van der Waals surface area contributed by atoms with E-state index in [1.54, 1.807) is 0 Å². The molecule has 3 atom stereocenters. The Kier molecular flexibility index (Phi) is 1.74. The fourth-order valence-corrected chi connectivity index (χ4v) is 2.90. The number of aliphatic hydroxyl groups is 1. The van der Waals surface area contributed by atoms with Crippen LogP contribution in [0.25, 0.3) is 0 Å². The Morgan fingerprint density at radius 3 is 2.58 bits per heavy atom. The van der Waals surface area contributed by atoms with Crippen molar-refractivity contribution in [2.45, 2.75) is 38.7 Å². The predicted molar refractivity (Wildman–Crippen MR) is 46.9 cm³/mol. The molecule has 0 aromatic carbocycles. The van der Waals surface area contributed by atoms with Gasteiger partial charge in [-0.2, -0.15) is 0 Å². The van der Waals surface area contributed by atoms with E-state index >= 15 is 0 Å². The SMILES string of the molecule is C[C@]12CCO[C@@](C)(CO)[C@H]1CC2. The molecule has 2 aliphatic rings. The van der Waals surface area contributed by atoms with Gasteiger partial charge in [-0.3, -0.25) is 0 Å². The van der Waals surface area contributed by atoms with Crippen molar-refractivity contribution in [2.75, 3.05) is 13.2 Å². The van der Waals surface area contributed by atoms with E-state index in [-0.39, 0.29) is 12.2 Å². The van der Waals surface area contributed by atoms with Crippen LogP contribution in [0, 0.1) is 11.3 Å². The quantitative estimate of drug-likeness (QED) is 0.647. The molecule has 0 spiro atoms. The van der Waals surface area contributed by atoms with E-state index in [2.05, 4.69) is 6.92 Å². The molecule has 70 valence electrons. The molecule has 2 rings (SSSR count). The van der Waals surface area contributed by atoms with Crippen LogP contribution in [0.4, 0.5) is 0 Å². The summed E-state index contributed by atoms with van der Waals surface area (Å²) in [6.07, 6.45) is 3.72. The van der Waals surface area contributed by atoms with E-state index in [1.165, 1.54) is 19.3 Å². The molecule has 2 heteroatoms. The highest BCUT2D eigenvalue weighted by molar-refractivity contribution is 5.04. The second-order valence-electron chi connectivity index (χ2n) is 4.81. The van der Waals surface area contributed by atoms with E-state index in [4.69, 9.17) is 4.74 Å². The summed E-state index contributed by atoms with van der Waals surface area (Å²) in [6, 6.07) is 0. The summed E-state index contributed by atoms with van der Waals surface area (Å²) in [5.41, 5.74) is 0.223. The molecular formula is C10H18O2. The highest BCUT2D eigenvalue weighted by atomic mass is 16.5. The lowest BCUT2D eigenvalue weighted by molar-refractivity contribution is -0.218. The Labute approximate surface area is 73.9 Å². The van der Waals surface area contributed by atoms with Gasteiger partial charge in [-0.15, -0.1) is 0 Å². The van der Waals surface area contributed by atoms with Crippen molar-refractivity contribution in [3.8, 4) is 0 Å². The number of rotatable bonds is 1. The van der Waals surface area contributed by atoms with Crippen LogP contribution in [0.5, 0.6) is 0 Å². The zero-order valence-electron chi connectivity index (χ0n) is 7.97. The van der Waals surface area contributed by atoms with Crippen molar-refractivity contribution < 1.29 is 9.84 Å². The first kappa shape index (κ1) is 8.52. The molecule has 0 aromatic rings. The topological polar surface area (TPSA) is 29.5 Å². The second-order valence-corrected chi connectivity index (χ2v) is 4.81. The monoisotopic (exact) mass is 170 g/mol. The van der Waals surface area contributed by atoms with Gasteiger partial charge in [-0.25, -0.2) is 0 Å². The smallest absolute Gasteiger partial charge is 0.0917 e. The van der Waals surface area contributed by atoms with Crippen LogP contribution in [-0.2, 0) is 4.74 Å². The molecule has 0 unspecified atom stereocenters. The molecule has 1 heterocycles. The molecule has 0 aromatic heterocycles. The first-order chi connectivity index (χ1) is 5.61. The van der Waals surface area contributed by atoms with Crippen LogP contribution >= 0.6 is 0 Å². The maximum Gasteiger partial charge on any atom is 0.0917 e. The molecule has 0 bridgehead atoms. The fourth-order valence-electron chi connectivity index (χ4n) is 2.90. The molecule has 2 fully saturated rings. The Hall–Kier alpha value is -0.0800. The molecule has 1 aliphatic carbocycles. The van der Waals surface area contributed by atoms with Crippen LogP contribution in [0.1, 0.15) is 33.1 Å². The Balaban J connectivity index is 2.17. The first-order valence-electron chi connectivity index (χ1n) is 4.86. The number of hydrogen-bond acceptors (Lipinski definition) is 2. The van der Waals surface area contributed by atoms with Gasteiger partial charge in [-0.1, -0.05) is 6.92 Å². The van der Waals surface area contributed by atoms with E-state index in [1.807, 2.05) is 6.92 Å². The van der Waals surface area contributed by atoms with Crippen molar-refractivity contribution in [3.05, 3.63) is 0 Å². The molecule has 0 amide bonds. The Bertz CT molecular complexity index is 192. The predicted octanol–water partition coefficient (Wildman–Crippen LogP) is 1.57. The largest absolute Gasteiger partial charge is 0.393 e. The van der Waals surface area contributed by atoms with Crippen LogP contribution < -0.4 is 0 Å². The molecule has 0 radical (unpaired) electrons. The molecule has 1 saturated carbocycles. The number of ether oxygens (including phenoxy) is 1. The van der Waals surface area contributed by atoms with Gasteiger partial charge < -0.3 is 9.84 Å². The third-order valence-corrected chi connectivity index (χ3v) is 4.00. The highest BCUT2D eigenvalue weighted by Crippen LogP contribution is 2.57. The summed E-state index contributed by atoms with van der Waals surface area (Å²) in [5.74, 6) is 0.587. The lowest BCUT2D eigenvalue weighted by Gasteiger charge is -2.58. The lowest BCUT2D eigenvalue weighted by atomic mass is 9.53. The number of aliphatic hydroxyl groups excluding tert-OH is 1. The van der Waals surface area contributed by atoms with Crippen LogP contribution in [-0.4, -0.2) is 23.9 Å². The van der Waals surface area contributed by atoms with Crippen molar-refractivity contribution in [3.63, 3.8) is 0 Å². The summed E-state index contributed by atoms with van der Waals surface area (Å²) in [4.78, 5) is 0. The Morgan fingerprint density at radius 2 is 2.17 bits per heavy atom. The average molecular weight is 170 g/mol. The van der Waals surface area contributed by atoms with E-state index in [0.29, 0.717) is 11.3 Å². The number of fused-ring (bicyclic) bond motifs is 1. The van der Waals surface area contributed by atoms with Crippen LogP contribution in [0.2, 0.25) is 0 Å². The number of hydrogen-bond donors (Lipinski definition) is 1. The van der Waals surface area contributed by atoms with Gasteiger partial charge in [0.2, 0.25) is 0 Å². The van der Waals surface area contributed by atoms with Crippen molar-refractivity contribution in [1.29, 1.82) is 0 Å². The van der Waals surface area contributed by atoms with Crippen molar-refractivity contribution >= 4 is 0 Å². The zero-order valence-corrected chi connectivity index (χ0v) is 7.97. The molecular weight excluding hydrogens is 152 g/mol. The van der Waals surface area contributed by atoms with E-state index < -0.39 is 0 Å². The lowest BCUT2D eigenvalue weighted by Crippen LogP contribution is -2.58. The minimum Gasteiger partial charge on any atom is -0.393 e. The second kappa shape index (κ2) is 2.46. The van der Waals surface area contributed by atoms with Gasteiger partial charge in [-0.05, 0) is 37.5 Å². The van der Waals surface area contributed by atoms with Gasteiger partial charge in [0, 0.05) is 6.61 Å². The summed E-state index contributed by atoms with van der Waals surface area (Å²) < 4.78 is 5.66. The van der Waals surface area contributed by atoms with E-state index in [0.717, 1.165) is 6.61 Å². The van der Waals surface area contributed by atoms with Gasteiger partial charge in [0.05, 0.1) is 12.2 Å². The van der Waals surface area contributed by atoms with Gasteiger partial charge in [0.1, 0.15) is 0 Å². The van der Waals surface area contributed by atoms with Gasteiger partial charge >= 0.3 is 0 Å². The molecule has 1 saturated heterocycles. The molecule has 12 heavy (non-hydrogen) atoms. The van der Waals surface area contributed by atoms with Crippen LogP contribution in [0.15, 0.2) is 0 Å². The summed E-state index contributed by atoms with van der Waals surface area (Å²) in [5, 5.41) is 9.26. The standard InChI is InChI=1S/C10H18O2/c1-9-4-3-8(9)10(2,7-11)12-6-5-9/h8,11H,3-7H2,1-2H3/t8-,9-,10-/m0/s1. The third-order valence-electron chi connectivity index (χ3n) is 4.00. The van der Waals surface area contributed by atoms with Gasteiger partial charge in [0.15, 0.2) is 0 Å². The fraction of sp³-hybridized carbons (Fsp3) is 1.00. The zero-order chi connectivity index (χ0) is 8.82. The molecule has 1 N–H and O–H groups in total. The summed E-state index contributed by atoms with van der Waals surface area (Å²) in [6.45, 7) is 5.38. The maximum absolute atomic E-state index is 9.26. The third kappa shape index (κ3) is 0.944. The van der Waals surface area contributed by atoms with Crippen molar-refractivity contribution in [2.24, 2.45) is 11.3 Å². The summed E-state index contributed by atoms with van der Waals surface area (Å²) in [7, 11) is 0. The minimum absolute atomic E-state index is 0.174. The van der Waals surface area contributed by atoms with Crippen LogP contribution in [0.3, 0.4) is 0 Å². The first-order valence-corrected chi connectivity index (χ1v) is 4.86. The normalized spacial score (nSPS) is 52.8. The van der Waals surface area contributed by atoms with E-state index in [9.17, 15) is 5.11 Å². The minimum atomic E-state index is -0.245. The van der Waals surface area contributed by atoms with Crippen molar-refractivity contribution in [1.82, 2.24) is 0 Å². The Morgan fingerprint density at radius 1 is 1.42 bits per heavy atom.